The number of carbonyl (C=O) groups is 4. The molecular formula is C32H50N7O19P3S. The Kier molecular flexibility index (Phi) is 19.5. The van der Waals surface area contributed by atoms with Gasteiger partial charge in [-0.15, -0.1) is 0 Å². The summed E-state index contributed by atoms with van der Waals surface area (Å²) in [7, 11) is -16.5. The van der Waals surface area contributed by atoms with Crippen molar-refractivity contribution in [1.29, 1.82) is 0 Å². The second-order valence-electron chi connectivity index (χ2n) is 14.4. The summed E-state index contributed by atoms with van der Waals surface area (Å²) in [5, 5.41) is 35.1. The Hall–Kier alpha value is -3.49. The summed E-state index contributed by atoms with van der Waals surface area (Å²) in [6.07, 6.45) is -3.18. The molecular weight excluding hydrogens is 911 g/mol. The minimum absolute atomic E-state index is 0.0191. The van der Waals surface area contributed by atoms with E-state index in [0.717, 1.165) is 34.6 Å². The maximum Gasteiger partial charge on any atom is 0.481 e. The fraction of sp³-hybridized carbons (Fsp3) is 0.594. The van der Waals surface area contributed by atoms with Crippen LogP contribution in [0.3, 0.4) is 0 Å². The number of aliphatic carboxylic acids is 1. The van der Waals surface area contributed by atoms with E-state index in [9.17, 15) is 62.7 Å². The van der Waals surface area contributed by atoms with Crippen LogP contribution in [0.15, 0.2) is 36.0 Å². The van der Waals surface area contributed by atoms with Crippen molar-refractivity contribution in [2.45, 2.75) is 84.0 Å². The Balaban J connectivity index is 1.45. The Morgan fingerprint density at radius 1 is 1.03 bits per heavy atom. The summed E-state index contributed by atoms with van der Waals surface area (Å²) in [6.45, 7) is 4.01. The smallest absolute Gasteiger partial charge is 0.481 e. The molecule has 62 heavy (non-hydrogen) atoms. The number of imidazole rings is 1. The number of anilines is 1. The third kappa shape index (κ3) is 17.2. The molecule has 3 rings (SSSR count). The number of hydrogen-bond donors (Lipinski definition) is 10. The minimum Gasteiger partial charge on any atom is -0.481 e. The first-order valence-electron chi connectivity index (χ1n) is 18.3. The maximum atomic E-state index is 12.7. The van der Waals surface area contributed by atoms with E-state index >= 15 is 0 Å². The van der Waals surface area contributed by atoms with E-state index in [0.29, 0.717) is 18.4 Å². The molecule has 0 aliphatic carbocycles. The van der Waals surface area contributed by atoms with Crippen molar-refractivity contribution in [3.63, 3.8) is 0 Å². The van der Waals surface area contributed by atoms with Crippen molar-refractivity contribution >= 4 is 75.1 Å². The van der Waals surface area contributed by atoms with Gasteiger partial charge in [0.15, 0.2) is 17.7 Å². The van der Waals surface area contributed by atoms with Gasteiger partial charge in [-0.1, -0.05) is 42.8 Å². The number of nitrogens with one attached hydrogen (secondary N) is 2. The number of aromatic nitrogens is 4. The van der Waals surface area contributed by atoms with Crippen molar-refractivity contribution < 1.29 is 90.4 Å². The van der Waals surface area contributed by atoms with Gasteiger partial charge in [-0.3, -0.25) is 37.3 Å². The van der Waals surface area contributed by atoms with E-state index in [-0.39, 0.29) is 53.8 Å². The van der Waals surface area contributed by atoms with Gasteiger partial charge >= 0.3 is 29.4 Å². The molecule has 30 heteroatoms. The van der Waals surface area contributed by atoms with Crippen molar-refractivity contribution in [2.24, 2.45) is 5.41 Å². The molecule has 0 aromatic carbocycles. The number of thioether (sulfide) groups is 1. The molecule has 2 aromatic heterocycles. The molecule has 2 amide bonds. The molecule has 7 atom stereocenters. The molecule has 0 bridgehead atoms. The highest BCUT2D eigenvalue weighted by Crippen LogP contribution is 2.61. The molecule has 11 N–H and O–H groups in total. The highest BCUT2D eigenvalue weighted by molar-refractivity contribution is 8.14. The Labute approximate surface area is 358 Å². The molecule has 3 heterocycles. The van der Waals surface area contributed by atoms with Crippen LogP contribution in [0.2, 0.25) is 0 Å². The van der Waals surface area contributed by atoms with E-state index < -0.39 is 90.5 Å². The van der Waals surface area contributed by atoms with Crippen LogP contribution in [0.4, 0.5) is 5.82 Å². The predicted octanol–water partition coefficient (Wildman–Crippen LogP) is 0.812. The van der Waals surface area contributed by atoms with Gasteiger partial charge < -0.3 is 56.0 Å². The summed E-state index contributed by atoms with van der Waals surface area (Å²) < 4.78 is 62.2. The first-order chi connectivity index (χ1) is 28.7. The van der Waals surface area contributed by atoms with Gasteiger partial charge in [0.2, 0.25) is 16.9 Å². The van der Waals surface area contributed by atoms with Gasteiger partial charge in [0.05, 0.1) is 26.0 Å². The lowest BCUT2D eigenvalue weighted by atomic mass is 9.87. The fourth-order valence-corrected chi connectivity index (χ4v) is 8.93. The summed E-state index contributed by atoms with van der Waals surface area (Å²) >= 11 is 0.881. The molecule has 0 radical (unpaired) electrons. The molecule has 0 spiro atoms. The molecule has 0 saturated carbocycles. The third-order valence-corrected chi connectivity index (χ3v) is 12.4. The minimum atomic E-state index is -5.60. The second-order valence-corrected chi connectivity index (χ2v) is 19.8. The first kappa shape index (κ1) is 52.9. The zero-order chi connectivity index (χ0) is 46.6. The zero-order valence-corrected chi connectivity index (χ0v) is 37.2. The van der Waals surface area contributed by atoms with Gasteiger partial charge in [-0.2, -0.15) is 4.31 Å². The molecule has 1 aliphatic rings. The van der Waals surface area contributed by atoms with Crippen LogP contribution in [-0.4, -0.2) is 134 Å². The van der Waals surface area contributed by atoms with Gasteiger partial charge in [0.1, 0.15) is 36.3 Å². The highest BCUT2D eigenvalue weighted by atomic mass is 32.2. The van der Waals surface area contributed by atoms with Crippen molar-refractivity contribution in [3.8, 4) is 0 Å². The number of aliphatic hydroxyl groups excluding tert-OH is 2. The van der Waals surface area contributed by atoms with E-state index in [2.05, 4.69) is 34.4 Å². The van der Waals surface area contributed by atoms with Crippen LogP contribution in [0.5, 0.6) is 0 Å². The van der Waals surface area contributed by atoms with Crippen molar-refractivity contribution in [2.75, 3.05) is 37.8 Å². The summed E-state index contributed by atoms with van der Waals surface area (Å²) in [4.78, 5) is 99.4. The van der Waals surface area contributed by atoms with Crippen LogP contribution in [0.25, 0.3) is 11.2 Å². The van der Waals surface area contributed by atoms with Crippen molar-refractivity contribution in [1.82, 2.24) is 30.2 Å². The molecule has 26 nitrogen and oxygen atoms in total. The summed E-state index contributed by atoms with van der Waals surface area (Å²) in [6, 6.07) is 0. The van der Waals surface area contributed by atoms with Crippen LogP contribution < -0.4 is 16.4 Å². The number of phosphoric ester groups is 3. The van der Waals surface area contributed by atoms with Gasteiger partial charge in [0, 0.05) is 30.7 Å². The number of aliphatic hydroxyl groups is 2. The molecule has 1 fully saturated rings. The largest absolute Gasteiger partial charge is 0.481 e. The van der Waals surface area contributed by atoms with Crippen LogP contribution >= 0.6 is 35.2 Å². The zero-order valence-electron chi connectivity index (χ0n) is 33.7. The number of amides is 2. The van der Waals surface area contributed by atoms with E-state index in [4.69, 9.17) is 24.6 Å². The topological polar surface area (TPSA) is 401 Å². The Morgan fingerprint density at radius 3 is 2.35 bits per heavy atom. The van der Waals surface area contributed by atoms with Gasteiger partial charge in [-0.25, -0.2) is 28.6 Å². The number of rotatable bonds is 25. The van der Waals surface area contributed by atoms with Crippen LogP contribution in [0.1, 0.15) is 59.6 Å². The van der Waals surface area contributed by atoms with Gasteiger partial charge in [-0.05, 0) is 32.8 Å². The lowest BCUT2D eigenvalue weighted by Gasteiger charge is -2.30. The average molecular weight is 962 g/mol. The Bertz CT molecular complexity index is 2130. The molecule has 348 valence electrons. The number of carbonyl (C=O) groups excluding carboxylic acids is 3. The number of hydrogen-bond acceptors (Lipinski definition) is 19. The average Bonchev–Trinajstić information content (AvgIpc) is 3.71. The van der Waals surface area contributed by atoms with E-state index in [1.54, 1.807) is 0 Å². The maximum absolute atomic E-state index is 12.7. The van der Waals surface area contributed by atoms with Gasteiger partial charge in [0.25, 0.3) is 0 Å². The molecule has 1 saturated heterocycles. The number of nitrogens with zero attached hydrogens (tertiary/aromatic N) is 4. The SMILES string of the molecule is CC(C)=CCC/C(=C\C(=O)SCCNC(=O)CCNC(=O)C(O)C(C)(C)COP(=O)(O)OP(=O)(O)OCC1OC(n2cnc3c(N)ncnc32)C(O)C1OP(=O)(O)O)CC(=O)O. The number of nitrogen functional groups attached to an aromatic ring is 1. The van der Waals surface area contributed by atoms with E-state index in [1.807, 2.05) is 19.9 Å². The lowest BCUT2D eigenvalue weighted by molar-refractivity contribution is -0.137. The number of carboxylic acids is 1. The number of phosphoric acid groups is 3. The van der Waals surface area contributed by atoms with Crippen LogP contribution in [-0.2, 0) is 55.5 Å². The quantitative estimate of drug-likeness (QED) is 0.0285. The summed E-state index contributed by atoms with van der Waals surface area (Å²) in [5.74, 6) is -2.47. The normalized spacial score (nSPS) is 20.8. The molecule has 1 aliphatic heterocycles. The fourth-order valence-electron chi connectivity index (χ4n) is 5.44. The standard InChI is InChI=1S/C32H50N7O19P3S/c1-18(2)6-5-7-19(12-22(41)42)13-23(43)62-11-10-34-21(40)8-9-35-30(46)27(45)32(3,4)15-55-61(52,53)58-60(50,51)54-14-20-26(57-59(47,48)49)25(44)31(56-20)39-17-38-24-28(33)36-16-37-29(24)39/h6,13,16-17,20,25-27,31,44-45H,5,7-12,14-15H2,1-4H3,(H,34,40)(H,35,46)(H,41,42)(H,50,51)(H,52,53)(H2,33,36,37)(H2,47,48,49)/b19-13+. The molecule has 2 aromatic rings. The van der Waals surface area contributed by atoms with E-state index in [1.165, 1.54) is 19.9 Å². The number of nitrogens with two attached hydrogens (primary N) is 1. The number of fused-ring (bicyclic) bond motifs is 1. The number of ether oxygens (including phenoxy) is 1. The first-order valence-corrected chi connectivity index (χ1v) is 23.8. The molecule has 7 unspecified atom stereocenters. The third-order valence-electron chi connectivity index (χ3n) is 8.46. The predicted molar refractivity (Wildman–Crippen MR) is 216 cm³/mol. The summed E-state index contributed by atoms with van der Waals surface area (Å²) in [5.41, 5.74) is 5.73. The van der Waals surface area contributed by atoms with Crippen LogP contribution in [0, 0.1) is 5.41 Å². The highest BCUT2D eigenvalue weighted by Gasteiger charge is 2.50. The van der Waals surface area contributed by atoms with Crippen molar-refractivity contribution in [3.05, 3.63) is 36.0 Å². The monoisotopic (exact) mass is 961 g/mol. The second kappa shape index (κ2) is 22.9. The number of carboxylic acid groups (broad SMARTS) is 1. The Morgan fingerprint density at radius 2 is 1.71 bits per heavy atom. The number of allylic oxidation sites excluding steroid dienone is 2. The lowest BCUT2D eigenvalue weighted by Crippen LogP contribution is -2.46.